The Hall–Kier alpha value is -1.79. The molecule has 1 aromatic rings. The molecule has 0 radical (unpaired) electrons. The summed E-state index contributed by atoms with van der Waals surface area (Å²) < 4.78 is 37.0. The van der Waals surface area contributed by atoms with Gasteiger partial charge in [0.2, 0.25) is 0 Å². The highest BCUT2D eigenvalue weighted by Gasteiger charge is 2.15. The summed E-state index contributed by atoms with van der Waals surface area (Å²) in [4.78, 5) is 1.71. The minimum Gasteiger partial charge on any atom is -0.441 e. The first-order valence-electron chi connectivity index (χ1n) is 5.72. The van der Waals surface area contributed by atoms with E-state index in [1.54, 1.807) is 12.1 Å². The number of likely N-dealkylation sites (N-methyl/N-ethyl adjacent to an activating group) is 1. The van der Waals surface area contributed by atoms with Crippen LogP contribution in [0.15, 0.2) is 47.2 Å². The number of allylic oxidation sites excluding steroid dienone is 2. The molecule has 1 heterocycles. The van der Waals surface area contributed by atoms with Crippen LogP contribution >= 0.6 is 0 Å². The fourth-order valence-electron chi connectivity index (χ4n) is 1.66. The minimum absolute atomic E-state index is 0.178. The summed E-state index contributed by atoms with van der Waals surface area (Å²) in [5.74, 6) is 1.03. The van der Waals surface area contributed by atoms with Crippen LogP contribution in [0.2, 0.25) is 0 Å². The Balaban J connectivity index is 2.35. The van der Waals surface area contributed by atoms with Crippen LogP contribution in [0.3, 0.4) is 0 Å². The van der Waals surface area contributed by atoms with E-state index in [2.05, 4.69) is 0 Å². The molecule has 0 amide bonds. The molecule has 102 valence electrons. The van der Waals surface area contributed by atoms with E-state index in [1.807, 2.05) is 31.0 Å². The lowest BCUT2D eigenvalue weighted by molar-refractivity contribution is 0.260. The third-order valence-corrected chi connectivity index (χ3v) is 3.65. The summed E-state index contributed by atoms with van der Waals surface area (Å²) in [6, 6.07) is 4.26. The third-order valence-electron chi connectivity index (χ3n) is 2.80. The maximum Gasteiger partial charge on any atom is 0.294 e. The highest BCUT2D eigenvalue weighted by Crippen LogP contribution is 2.25. The van der Waals surface area contributed by atoms with E-state index in [9.17, 15) is 8.42 Å². The fraction of sp³-hybridized carbons (Fsp3) is 0.231. The summed E-state index contributed by atoms with van der Waals surface area (Å²) in [6.07, 6.45) is 5.65. The van der Waals surface area contributed by atoms with E-state index in [0.717, 1.165) is 12.1 Å². The number of ether oxygens (including phenoxy) is 1. The van der Waals surface area contributed by atoms with E-state index < -0.39 is 10.1 Å². The summed E-state index contributed by atoms with van der Waals surface area (Å²) >= 11 is 0. The Labute approximate surface area is 112 Å². The Kier molecular flexibility index (Phi) is 3.64. The van der Waals surface area contributed by atoms with Gasteiger partial charge >= 0.3 is 0 Å². The zero-order chi connectivity index (χ0) is 14.0. The molecule has 0 saturated heterocycles. The number of hydrogen-bond acceptors (Lipinski definition) is 4. The van der Waals surface area contributed by atoms with Gasteiger partial charge in [0.15, 0.2) is 5.88 Å². The number of rotatable bonds is 3. The molecule has 5 nitrogen and oxygen atoms in total. The number of aryl methyl sites for hydroxylation is 1. The lowest BCUT2D eigenvalue weighted by atomic mass is 10.2. The summed E-state index contributed by atoms with van der Waals surface area (Å²) in [5, 5.41) is 0. The molecule has 1 aliphatic heterocycles. The molecular weight excluding hydrogens is 266 g/mol. The molecule has 19 heavy (non-hydrogen) atoms. The van der Waals surface area contributed by atoms with Crippen LogP contribution in [0.4, 0.5) is 0 Å². The standard InChI is InChI=1S/C13H15NO4S/c1-10-6-7-11(19(15,16)17)9-12(10)18-13-5-3-4-8-14(13)2/h3-7,9H,8H2,1-2H3,(H,15,16,17). The van der Waals surface area contributed by atoms with Gasteiger partial charge in [-0.1, -0.05) is 18.2 Å². The van der Waals surface area contributed by atoms with Crippen LogP contribution in [0.5, 0.6) is 5.75 Å². The van der Waals surface area contributed by atoms with Crippen molar-refractivity contribution in [1.82, 2.24) is 4.90 Å². The van der Waals surface area contributed by atoms with Crippen LogP contribution in [0.25, 0.3) is 0 Å². The Bertz CT molecular complexity index is 647. The van der Waals surface area contributed by atoms with E-state index in [1.165, 1.54) is 12.1 Å². The Morgan fingerprint density at radius 1 is 1.37 bits per heavy atom. The highest BCUT2D eigenvalue weighted by atomic mass is 32.2. The van der Waals surface area contributed by atoms with Gasteiger partial charge in [-0.05, 0) is 24.6 Å². The molecule has 1 aromatic carbocycles. The van der Waals surface area contributed by atoms with Gasteiger partial charge < -0.3 is 9.64 Å². The molecule has 0 aromatic heterocycles. The smallest absolute Gasteiger partial charge is 0.294 e. The number of benzene rings is 1. The minimum atomic E-state index is -4.22. The third kappa shape index (κ3) is 3.15. The van der Waals surface area contributed by atoms with Crippen molar-refractivity contribution in [3.8, 4) is 5.75 Å². The van der Waals surface area contributed by atoms with Gasteiger partial charge in [0, 0.05) is 19.7 Å². The fourth-order valence-corrected chi connectivity index (χ4v) is 2.16. The molecule has 1 aliphatic rings. The zero-order valence-electron chi connectivity index (χ0n) is 10.7. The number of hydrogen-bond donors (Lipinski definition) is 1. The van der Waals surface area contributed by atoms with Crippen LogP contribution in [0.1, 0.15) is 5.56 Å². The number of nitrogens with zero attached hydrogens (tertiary/aromatic N) is 1. The summed E-state index contributed by atoms with van der Waals surface area (Å²) in [5.41, 5.74) is 0.788. The zero-order valence-corrected chi connectivity index (χ0v) is 11.5. The second-order valence-corrected chi connectivity index (χ2v) is 5.74. The molecule has 6 heteroatoms. The molecule has 0 saturated carbocycles. The van der Waals surface area contributed by atoms with Gasteiger partial charge in [-0.15, -0.1) is 0 Å². The second-order valence-electron chi connectivity index (χ2n) is 4.32. The lowest BCUT2D eigenvalue weighted by Gasteiger charge is -2.23. The van der Waals surface area contributed by atoms with Gasteiger partial charge in [0.25, 0.3) is 10.1 Å². The normalized spacial score (nSPS) is 15.3. The average Bonchev–Trinajstić information content (AvgIpc) is 2.33. The van der Waals surface area contributed by atoms with Crippen molar-refractivity contribution in [3.05, 3.63) is 47.9 Å². The van der Waals surface area contributed by atoms with Gasteiger partial charge in [0.1, 0.15) is 5.75 Å². The van der Waals surface area contributed by atoms with E-state index >= 15 is 0 Å². The van der Waals surface area contributed by atoms with Gasteiger partial charge in [-0.2, -0.15) is 8.42 Å². The second kappa shape index (κ2) is 5.07. The highest BCUT2D eigenvalue weighted by molar-refractivity contribution is 7.85. The predicted octanol–water partition coefficient (Wildman–Crippen LogP) is 1.96. The molecule has 0 unspecified atom stereocenters. The van der Waals surface area contributed by atoms with Crippen LogP contribution in [-0.4, -0.2) is 31.5 Å². The van der Waals surface area contributed by atoms with Crippen molar-refractivity contribution in [2.45, 2.75) is 11.8 Å². The van der Waals surface area contributed by atoms with Gasteiger partial charge in [-0.3, -0.25) is 4.55 Å². The lowest BCUT2D eigenvalue weighted by Crippen LogP contribution is -2.23. The molecule has 0 fully saturated rings. The maximum absolute atomic E-state index is 11.1. The van der Waals surface area contributed by atoms with Crippen molar-refractivity contribution in [2.75, 3.05) is 13.6 Å². The Morgan fingerprint density at radius 3 is 2.74 bits per heavy atom. The monoisotopic (exact) mass is 281 g/mol. The van der Waals surface area contributed by atoms with Crippen molar-refractivity contribution in [1.29, 1.82) is 0 Å². The average molecular weight is 281 g/mol. The molecule has 2 rings (SSSR count). The maximum atomic E-state index is 11.1. The first-order chi connectivity index (χ1) is 8.88. The van der Waals surface area contributed by atoms with Gasteiger partial charge in [0.05, 0.1) is 4.90 Å². The Morgan fingerprint density at radius 2 is 2.11 bits per heavy atom. The summed E-state index contributed by atoms with van der Waals surface area (Å²) in [7, 11) is -2.35. The SMILES string of the molecule is Cc1ccc(S(=O)(=O)O)cc1OC1=CC=CCN1C. The first-order valence-corrected chi connectivity index (χ1v) is 7.16. The van der Waals surface area contributed by atoms with Crippen LogP contribution in [-0.2, 0) is 10.1 Å². The largest absolute Gasteiger partial charge is 0.441 e. The molecule has 0 atom stereocenters. The molecule has 0 bridgehead atoms. The molecular formula is C13H15NO4S. The van der Waals surface area contributed by atoms with Crippen molar-refractivity contribution < 1.29 is 17.7 Å². The molecule has 0 aliphatic carbocycles. The van der Waals surface area contributed by atoms with Crippen LogP contribution in [0, 0.1) is 6.92 Å². The topological polar surface area (TPSA) is 66.8 Å². The quantitative estimate of drug-likeness (QED) is 0.858. The van der Waals surface area contributed by atoms with E-state index in [-0.39, 0.29) is 4.90 Å². The summed E-state index contributed by atoms with van der Waals surface area (Å²) in [6.45, 7) is 2.53. The van der Waals surface area contributed by atoms with Crippen molar-refractivity contribution >= 4 is 10.1 Å². The van der Waals surface area contributed by atoms with Crippen LogP contribution < -0.4 is 4.74 Å². The van der Waals surface area contributed by atoms with Gasteiger partial charge in [-0.25, -0.2) is 0 Å². The predicted molar refractivity (Wildman–Crippen MR) is 71.5 cm³/mol. The van der Waals surface area contributed by atoms with Crippen molar-refractivity contribution in [3.63, 3.8) is 0 Å². The van der Waals surface area contributed by atoms with Crippen molar-refractivity contribution in [2.24, 2.45) is 0 Å². The molecule has 1 N–H and O–H groups in total. The van der Waals surface area contributed by atoms with E-state index in [4.69, 9.17) is 9.29 Å². The molecule has 0 spiro atoms. The van der Waals surface area contributed by atoms with E-state index in [0.29, 0.717) is 11.6 Å². The first kappa shape index (κ1) is 13.6.